The van der Waals surface area contributed by atoms with Crippen LogP contribution in [0.1, 0.15) is 44.2 Å². The molecule has 2 aliphatic heterocycles. The summed E-state index contributed by atoms with van der Waals surface area (Å²) in [6, 6.07) is 6.52. The molecule has 1 aromatic carbocycles. The summed E-state index contributed by atoms with van der Waals surface area (Å²) in [7, 11) is 0. The fourth-order valence-electron chi connectivity index (χ4n) is 6.80. The maximum absolute atomic E-state index is 12.9. The maximum atomic E-state index is 12.9. The van der Waals surface area contributed by atoms with Gasteiger partial charge in [-0.1, -0.05) is 37.6 Å². The fourth-order valence-corrected chi connectivity index (χ4v) is 6.80. The number of hydrogen-bond donors (Lipinski definition) is 1. The Morgan fingerprint density at radius 2 is 1.94 bits per heavy atom. The van der Waals surface area contributed by atoms with E-state index >= 15 is 0 Å². The zero-order valence-corrected chi connectivity index (χ0v) is 20.0. The van der Waals surface area contributed by atoms with Crippen molar-refractivity contribution in [3.63, 3.8) is 0 Å². The van der Waals surface area contributed by atoms with Gasteiger partial charge in [0, 0.05) is 56.2 Å². The first-order valence-corrected chi connectivity index (χ1v) is 12.4. The number of rotatable bonds is 3. The van der Waals surface area contributed by atoms with Crippen LogP contribution in [0.4, 0.5) is 5.69 Å². The molecule has 3 fully saturated rings. The first-order chi connectivity index (χ1) is 15.3. The number of fused-ring (bicyclic) bond motifs is 2. The average molecular weight is 439 g/mol. The minimum Gasteiger partial charge on any atom is -0.461 e. The highest BCUT2D eigenvalue weighted by Crippen LogP contribution is 2.56. The predicted octanol–water partition coefficient (Wildman–Crippen LogP) is 3.71. The smallest absolute Gasteiger partial charge is 0.311 e. The molecule has 1 aromatic rings. The minimum absolute atomic E-state index is 0.0951. The van der Waals surface area contributed by atoms with Gasteiger partial charge in [0.25, 0.3) is 0 Å². The van der Waals surface area contributed by atoms with Crippen molar-refractivity contribution in [2.45, 2.75) is 59.2 Å². The number of hydrogen-bond acceptors (Lipinski definition) is 5. The molecule has 2 heterocycles. The van der Waals surface area contributed by atoms with E-state index in [1.165, 1.54) is 22.4 Å². The van der Waals surface area contributed by atoms with Gasteiger partial charge in [-0.25, -0.2) is 0 Å². The summed E-state index contributed by atoms with van der Waals surface area (Å²) in [6.45, 7) is 13.3. The summed E-state index contributed by atoms with van der Waals surface area (Å²) in [5, 5.41) is 11.6. The third-order valence-corrected chi connectivity index (χ3v) is 9.31. The molecule has 6 atom stereocenters. The van der Waals surface area contributed by atoms with Gasteiger partial charge in [-0.3, -0.25) is 9.69 Å². The summed E-state index contributed by atoms with van der Waals surface area (Å²) in [4.78, 5) is 17.8. The van der Waals surface area contributed by atoms with Gasteiger partial charge in [-0.05, 0) is 49.8 Å². The number of aliphatic hydroxyl groups is 1. The monoisotopic (exact) mass is 438 g/mol. The second-order valence-corrected chi connectivity index (χ2v) is 10.8. The Balaban J connectivity index is 1.28. The molecule has 0 radical (unpaired) electrons. The summed E-state index contributed by atoms with van der Waals surface area (Å²) in [5.41, 5.74) is 5.08. The molecule has 174 valence electrons. The van der Waals surface area contributed by atoms with Gasteiger partial charge >= 0.3 is 5.97 Å². The molecule has 0 amide bonds. The SMILES string of the molecule is Cc1cccc(N2CCN(C[C@@H]3C(=O)O[C@@H]4CC5=CCC[C@@H](C)[C@@]5(C)[C@@H](O)[C@H]34)CC2)c1C. The molecule has 5 nitrogen and oxygen atoms in total. The molecule has 1 saturated carbocycles. The van der Waals surface area contributed by atoms with Gasteiger partial charge in [-0.2, -0.15) is 0 Å². The van der Waals surface area contributed by atoms with Crippen LogP contribution in [0.25, 0.3) is 0 Å². The van der Waals surface area contributed by atoms with Crippen molar-refractivity contribution in [1.82, 2.24) is 4.90 Å². The van der Waals surface area contributed by atoms with E-state index in [-0.39, 0.29) is 29.3 Å². The zero-order chi connectivity index (χ0) is 22.6. The number of allylic oxidation sites excluding steroid dienone is 1. The van der Waals surface area contributed by atoms with Crippen molar-refractivity contribution in [2.75, 3.05) is 37.6 Å². The van der Waals surface area contributed by atoms with Gasteiger partial charge in [0.15, 0.2) is 0 Å². The number of esters is 1. The molecule has 4 aliphatic rings. The number of carbonyl (C=O) groups excluding carboxylic acids is 1. The quantitative estimate of drug-likeness (QED) is 0.576. The molecule has 5 heteroatoms. The van der Waals surface area contributed by atoms with E-state index in [0.29, 0.717) is 12.5 Å². The third kappa shape index (κ3) is 3.40. The molecule has 1 N–H and O–H groups in total. The number of anilines is 1. The number of aryl methyl sites for hydroxylation is 1. The molecule has 32 heavy (non-hydrogen) atoms. The molecule has 0 unspecified atom stereocenters. The summed E-state index contributed by atoms with van der Waals surface area (Å²) >= 11 is 0. The predicted molar refractivity (Wildman–Crippen MR) is 127 cm³/mol. The van der Waals surface area contributed by atoms with E-state index in [4.69, 9.17) is 4.74 Å². The first-order valence-electron chi connectivity index (χ1n) is 12.4. The minimum atomic E-state index is -0.518. The molecule has 0 aromatic heterocycles. The Morgan fingerprint density at radius 1 is 1.19 bits per heavy atom. The Bertz CT molecular complexity index is 919. The number of benzene rings is 1. The maximum Gasteiger partial charge on any atom is 0.311 e. The summed E-state index contributed by atoms with van der Waals surface area (Å²) in [6.07, 6.45) is 4.59. The van der Waals surface area contributed by atoms with E-state index in [2.05, 4.69) is 61.8 Å². The molecule has 5 rings (SSSR count). The van der Waals surface area contributed by atoms with Crippen LogP contribution in [0.5, 0.6) is 0 Å². The van der Waals surface area contributed by atoms with E-state index in [1.807, 2.05) is 0 Å². The van der Waals surface area contributed by atoms with Crippen molar-refractivity contribution < 1.29 is 14.6 Å². The third-order valence-electron chi connectivity index (χ3n) is 9.31. The summed E-state index contributed by atoms with van der Waals surface area (Å²) in [5.74, 6) is -0.000529. The van der Waals surface area contributed by atoms with Crippen molar-refractivity contribution in [2.24, 2.45) is 23.2 Å². The van der Waals surface area contributed by atoms with Gasteiger partial charge < -0.3 is 14.7 Å². The molecule has 2 saturated heterocycles. The topological polar surface area (TPSA) is 53.0 Å². The lowest BCUT2D eigenvalue weighted by atomic mass is 9.55. The van der Waals surface area contributed by atoms with Crippen molar-refractivity contribution in [3.05, 3.63) is 41.0 Å². The highest BCUT2D eigenvalue weighted by atomic mass is 16.6. The van der Waals surface area contributed by atoms with Crippen LogP contribution < -0.4 is 4.90 Å². The largest absolute Gasteiger partial charge is 0.461 e. The van der Waals surface area contributed by atoms with Crippen LogP contribution in [0.3, 0.4) is 0 Å². The number of aliphatic hydroxyl groups excluding tert-OH is 1. The van der Waals surface area contributed by atoms with E-state index in [9.17, 15) is 9.90 Å². The number of carbonyl (C=O) groups is 1. The number of nitrogens with zero attached hydrogens (tertiary/aromatic N) is 2. The number of piperazine rings is 1. The van der Waals surface area contributed by atoms with Gasteiger partial charge in [0.1, 0.15) is 6.10 Å². The van der Waals surface area contributed by atoms with Crippen LogP contribution in [-0.2, 0) is 9.53 Å². The molecular formula is C27H38N2O3. The highest BCUT2D eigenvalue weighted by molar-refractivity contribution is 5.76. The molecule has 0 spiro atoms. The standard InChI is InChI=1S/C27H38N2O3/c1-17-7-5-10-22(19(17)3)29-13-11-28(12-14-29)16-21-24-23(32-26(21)31)15-20-9-6-8-18(2)27(20,4)25(24)30/h5,7,9-10,18,21,23-25,30H,6,8,11-16H2,1-4H3/t18-,21+,23-,24-,25+,27-/m1/s1. The Hall–Kier alpha value is -1.85. The van der Waals surface area contributed by atoms with Crippen LogP contribution >= 0.6 is 0 Å². The summed E-state index contributed by atoms with van der Waals surface area (Å²) < 4.78 is 5.86. The second kappa shape index (κ2) is 8.18. The molecule has 2 aliphatic carbocycles. The van der Waals surface area contributed by atoms with E-state index < -0.39 is 6.10 Å². The average Bonchev–Trinajstić information content (AvgIpc) is 3.08. The first kappa shape index (κ1) is 22.0. The van der Waals surface area contributed by atoms with Crippen molar-refractivity contribution in [1.29, 1.82) is 0 Å². The Morgan fingerprint density at radius 3 is 2.69 bits per heavy atom. The van der Waals surface area contributed by atoms with Crippen molar-refractivity contribution in [3.8, 4) is 0 Å². The number of ether oxygens (including phenoxy) is 1. The lowest BCUT2D eigenvalue weighted by Gasteiger charge is -2.52. The fraction of sp³-hybridized carbons (Fsp3) is 0.667. The zero-order valence-electron chi connectivity index (χ0n) is 20.0. The van der Waals surface area contributed by atoms with Crippen LogP contribution in [0.2, 0.25) is 0 Å². The highest BCUT2D eigenvalue weighted by Gasteiger charge is 2.59. The Kier molecular flexibility index (Phi) is 5.61. The lowest BCUT2D eigenvalue weighted by molar-refractivity contribution is -0.145. The lowest BCUT2D eigenvalue weighted by Crippen LogP contribution is -2.55. The molecular weight excluding hydrogens is 400 g/mol. The van der Waals surface area contributed by atoms with Crippen LogP contribution in [0.15, 0.2) is 29.8 Å². The van der Waals surface area contributed by atoms with Gasteiger partial charge in [0.2, 0.25) is 0 Å². The normalized spacial score (nSPS) is 37.5. The Labute approximate surface area is 192 Å². The van der Waals surface area contributed by atoms with E-state index in [1.54, 1.807) is 0 Å². The van der Waals surface area contributed by atoms with E-state index in [0.717, 1.165) is 45.4 Å². The van der Waals surface area contributed by atoms with Crippen molar-refractivity contribution >= 4 is 11.7 Å². The van der Waals surface area contributed by atoms with Crippen LogP contribution in [-0.4, -0.2) is 60.9 Å². The van der Waals surface area contributed by atoms with Gasteiger partial charge in [-0.15, -0.1) is 0 Å². The second-order valence-electron chi connectivity index (χ2n) is 10.8. The molecule has 0 bridgehead atoms. The van der Waals surface area contributed by atoms with Gasteiger partial charge in [0.05, 0.1) is 12.0 Å². The van der Waals surface area contributed by atoms with Crippen LogP contribution in [0, 0.1) is 37.0 Å².